The van der Waals surface area contributed by atoms with E-state index in [0.717, 1.165) is 5.56 Å². The maximum Gasteiger partial charge on any atom is 0.219 e. The molecule has 0 radical (unpaired) electrons. The Balaban J connectivity index is 1.99. The largest absolute Gasteiger partial charge is 0.446 e. The monoisotopic (exact) mass is 292 g/mol. The summed E-state index contributed by atoms with van der Waals surface area (Å²) in [5, 5.41) is 9.99. The first kappa shape index (κ1) is 13.0. The third-order valence-electron chi connectivity index (χ3n) is 2.88. The first-order chi connectivity index (χ1) is 9.65. The molecule has 0 amide bonds. The molecular formula is C14H10ClFN2O2. The highest BCUT2D eigenvalue weighted by Gasteiger charge is 2.09. The highest BCUT2D eigenvalue weighted by Crippen LogP contribution is 2.22. The van der Waals surface area contributed by atoms with Crippen molar-refractivity contribution in [3.8, 4) is 0 Å². The predicted octanol–water partition coefficient (Wildman–Crippen LogP) is 3.10. The van der Waals surface area contributed by atoms with Gasteiger partial charge in [-0.25, -0.2) is 9.37 Å². The first-order valence-corrected chi connectivity index (χ1v) is 6.31. The average Bonchev–Trinajstić information content (AvgIpc) is 2.85. The first-order valence-electron chi connectivity index (χ1n) is 5.93. The van der Waals surface area contributed by atoms with Gasteiger partial charge in [0.1, 0.15) is 24.2 Å². The van der Waals surface area contributed by atoms with Gasteiger partial charge in [0.15, 0.2) is 0 Å². The maximum absolute atomic E-state index is 14.0. The van der Waals surface area contributed by atoms with Gasteiger partial charge in [-0.1, -0.05) is 11.6 Å². The number of aliphatic hydroxyl groups is 1. The summed E-state index contributed by atoms with van der Waals surface area (Å²) < 4.78 is 19.0. The molecule has 6 heteroatoms. The van der Waals surface area contributed by atoms with Crippen molar-refractivity contribution in [1.82, 2.24) is 9.97 Å². The third-order valence-corrected chi connectivity index (χ3v) is 3.09. The zero-order valence-corrected chi connectivity index (χ0v) is 11.1. The smallest absolute Gasteiger partial charge is 0.219 e. The fraction of sp³-hybridized carbons (Fsp3) is 0.143. The molecule has 0 saturated carbocycles. The van der Waals surface area contributed by atoms with Crippen molar-refractivity contribution in [3.63, 3.8) is 0 Å². The Bertz CT molecular complexity index is 773. The van der Waals surface area contributed by atoms with Crippen molar-refractivity contribution in [3.05, 3.63) is 58.6 Å². The van der Waals surface area contributed by atoms with E-state index >= 15 is 0 Å². The van der Waals surface area contributed by atoms with Crippen LogP contribution in [-0.2, 0) is 13.0 Å². The summed E-state index contributed by atoms with van der Waals surface area (Å²) in [6.07, 6.45) is 3.27. The molecule has 0 atom stereocenters. The van der Waals surface area contributed by atoms with Crippen LogP contribution in [0.3, 0.4) is 0 Å². The van der Waals surface area contributed by atoms with Crippen LogP contribution in [0.15, 0.2) is 35.1 Å². The second-order valence-corrected chi connectivity index (χ2v) is 4.81. The molecule has 0 aliphatic carbocycles. The van der Waals surface area contributed by atoms with Gasteiger partial charge in [0.25, 0.3) is 0 Å². The Labute approximate surface area is 118 Å². The lowest BCUT2D eigenvalue weighted by atomic mass is 10.1. The summed E-state index contributed by atoms with van der Waals surface area (Å²) in [6.45, 7) is -0.258. The molecule has 0 aliphatic rings. The number of pyridine rings is 1. The van der Waals surface area contributed by atoms with E-state index < -0.39 is 5.82 Å². The summed E-state index contributed by atoms with van der Waals surface area (Å²) >= 11 is 5.87. The maximum atomic E-state index is 14.0. The molecule has 1 N–H and O–H groups in total. The molecule has 3 rings (SSSR count). The zero-order valence-electron chi connectivity index (χ0n) is 10.3. The topological polar surface area (TPSA) is 59.2 Å². The molecule has 102 valence electrons. The van der Waals surface area contributed by atoms with Crippen LogP contribution in [0.4, 0.5) is 4.39 Å². The lowest BCUT2D eigenvalue weighted by Gasteiger charge is -2.03. The lowest BCUT2D eigenvalue weighted by molar-refractivity contribution is 0.240. The number of fused-ring (bicyclic) bond motifs is 1. The van der Waals surface area contributed by atoms with E-state index in [-0.39, 0.29) is 18.0 Å². The molecule has 0 saturated heterocycles. The van der Waals surface area contributed by atoms with Crippen molar-refractivity contribution < 1.29 is 13.9 Å². The number of oxazole rings is 1. The molecule has 0 unspecified atom stereocenters. The molecular weight excluding hydrogens is 283 g/mol. The molecule has 0 spiro atoms. The van der Waals surface area contributed by atoms with Crippen LogP contribution in [0.2, 0.25) is 5.02 Å². The van der Waals surface area contributed by atoms with Crippen LogP contribution in [0, 0.1) is 5.82 Å². The van der Waals surface area contributed by atoms with Crippen LogP contribution >= 0.6 is 11.6 Å². The molecule has 20 heavy (non-hydrogen) atoms. The van der Waals surface area contributed by atoms with Gasteiger partial charge < -0.3 is 9.52 Å². The standard InChI is InChI=1S/C14H10ClFN2O2/c15-10-4-9-1-8(3-12(16)14(9)17-5-10)2-11-7-20-13(6-19)18-11/h1,3-5,7,19H,2,6H2. The summed E-state index contributed by atoms with van der Waals surface area (Å²) in [7, 11) is 0. The fourth-order valence-electron chi connectivity index (χ4n) is 2.05. The quantitative estimate of drug-likeness (QED) is 0.806. The van der Waals surface area contributed by atoms with E-state index in [1.807, 2.05) is 6.07 Å². The van der Waals surface area contributed by atoms with Crippen LogP contribution < -0.4 is 0 Å². The predicted molar refractivity (Wildman–Crippen MR) is 71.9 cm³/mol. The summed E-state index contributed by atoms with van der Waals surface area (Å²) in [5.74, 6) is -0.161. The summed E-state index contributed by atoms with van der Waals surface area (Å²) in [5.41, 5.74) is 1.65. The fourth-order valence-corrected chi connectivity index (χ4v) is 2.22. The highest BCUT2D eigenvalue weighted by atomic mass is 35.5. The van der Waals surface area contributed by atoms with Crippen LogP contribution in [0.1, 0.15) is 17.1 Å². The van der Waals surface area contributed by atoms with Gasteiger partial charge in [0.05, 0.1) is 10.7 Å². The SMILES string of the molecule is OCc1nc(Cc2cc(F)c3ncc(Cl)cc3c2)co1. The Kier molecular flexibility index (Phi) is 3.38. The van der Waals surface area contributed by atoms with E-state index in [4.69, 9.17) is 21.1 Å². The van der Waals surface area contributed by atoms with E-state index in [1.54, 1.807) is 6.07 Å². The minimum Gasteiger partial charge on any atom is -0.446 e. The second-order valence-electron chi connectivity index (χ2n) is 4.37. The molecule has 2 heterocycles. The highest BCUT2D eigenvalue weighted by molar-refractivity contribution is 6.31. The van der Waals surface area contributed by atoms with Crippen molar-refractivity contribution in [2.75, 3.05) is 0 Å². The lowest BCUT2D eigenvalue weighted by Crippen LogP contribution is -1.93. The molecule has 3 aromatic rings. The van der Waals surface area contributed by atoms with E-state index in [0.29, 0.717) is 22.5 Å². The molecule has 4 nitrogen and oxygen atoms in total. The number of benzene rings is 1. The summed E-state index contributed by atoms with van der Waals surface area (Å²) in [6, 6.07) is 4.89. The summed E-state index contributed by atoms with van der Waals surface area (Å²) in [4.78, 5) is 8.04. The molecule has 2 aromatic heterocycles. The average molecular weight is 293 g/mol. The number of hydrogen-bond acceptors (Lipinski definition) is 4. The Morgan fingerprint density at radius 1 is 1.30 bits per heavy atom. The minimum atomic E-state index is -0.403. The Morgan fingerprint density at radius 3 is 2.90 bits per heavy atom. The normalized spacial score (nSPS) is 11.2. The van der Waals surface area contributed by atoms with Gasteiger partial charge in [0, 0.05) is 18.0 Å². The van der Waals surface area contributed by atoms with E-state index in [9.17, 15) is 4.39 Å². The van der Waals surface area contributed by atoms with Gasteiger partial charge in [0.2, 0.25) is 5.89 Å². The van der Waals surface area contributed by atoms with Crippen molar-refractivity contribution in [2.24, 2.45) is 0 Å². The van der Waals surface area contributed by atoms with Gasteiger partial charge in [-0.05, 0) is 23.8 Å². The number of nitrogens with zero attached hydrogens (tertiary/aromatic N) is 2. The number of aromatic nitrogens is 2. The third kappa shape index (κ3) is 2.50. The Hall–Kier alpha value is -1.98. The van der Waals surface area contributed by atoms with Crippen molar-refractivity contribution >= 4 is 22.5 Å². The zero-order chi connectivity index (χ0) is 14.1. The Morgan fingerprint density at radius 2 is 2.15 bits per heavy atom. The minimum absolute atomic E-state index is 0.242. The van der Waals surface area contributed by atoms with E-state index in [2.05, 4.69) is 9.97 Å². The number of rotatable bonds is 3. The van der Waals surface area contributed by atoms with Crippen LogP contribution in [0.25, 0.3) is 10.9 Å². The molecule has 0 bridgehead atoms. The molecule has 1 aromatic carbocycles. The van der Waals surface area contributed by atoms with Crippen LogP contribution in [-0.4, -0.2) is 15.1 Å². The van der Waals surface area contributed by atoms with Gasteiger partial charge >= 0.3 is 0 Å². The second kappa shape index (κ2) is 5.19. The number of halogens is 2. The molecule has 0 aliphatic heterocycles. The van der Waals surface area contributed by atoms with E-state index in [1.165, 1.54) is 18.5 Å². The van der Waals surface area contributed by atoms with Gasteiger partial charge in [-0.15, -0.1) is 0 Å². The van der Waals surface area contributed by atoms with Gasteiger partial charge in [-0.2, -0.15) is 0 Å². The van der Waals surface area contributed by atoms with Crippen molar-refractivity contribution in [2.45, 2.75) is 13.0 Å². The number of aliphatic hydroxyl groups excluding tert-OH is 1. The molecule has 0 fully saturated rings. The van der Waals surface area contributed by atoms with Crippen LogP contribution in [0.5, 0.6) is 0 Å². The number of hydrogen-bond donors (Lipinski definition) is 1. The van der Waals surface area contributed by atoms with Gasteiger partial charge in [-0.3, -0.25) is 4.98 Å². The van der Waals surface area contributed by atoms with Crippen molar-refractivity contribution in [1.29, 1.82) is 0 Å².